The van der Waals surface area contributed by atoms with Crippen LogP contribution in [0.2, 0.25) is 0 Å². The average Bonchev–Trinajstić information content (AvgIpc) is 3.39. The molecule has 0 radical (unpaired) electrons. The molecule has 5 rings (SSSR count). The minimum atomic E-state index is -0.765. The Morgan fingerprint density at radius 3 is 2.60 bits per heavy atom. The number of hydrogen-bond donors (Lipinski definition) is 2. The highest BCUT2D eigenvalue weighted by Gasteiger charge is 2.33. The Hall–Kier alpha value is -3.24. The van der Waals surface area contributed by atoms with E-state index in [2.05, 4.69) is 18.7 Å². The summed E-state index contributed by atoms with van der Waals surface area (Å²) in [5, 5.41) is 20.5. The summed E-state index contributed by atoms with van der Waals surface area (Å²) in [6.45, 7) is 9.04. The van der Waals surface area contributed by atoms with E-state index in [0.717, 1.165) is 42.4 Å². The highest BCUT2D eigenvalue weighted by molar-refractivity contribution is 7.94. The zero-order valence-electron chi connectivity index (χ0n) is 23.0. The molecule has 3 atom stereocenters. The third-order valence-corrected chi connectivity index (χ3v) is 8.31. The number of hydrogen-bond acceptors (Lipinski definition) is 8. The third kappa shape index (κ3) is 5.78. The van der Waals surface area contributed by atoms with Crippen LogP contribution in [0.4, 0.5) is 4.39 Å². The minimum absolute atomic E-state index is 0.0308. The van der Waals surface area contributed by atoms with Gasteiger partial charge in [0.2, 0.25) is 0 Å². The molecular weight excluding hydrogens is 533 g/mol. The van der Waals surface area contributed by atoms with Gasteiger partial charge in [-0.2, -0.15) is 4.33 Å². The van der Waals surface area contributed by atoms with Crippen molar-refractivity contribution in [2.45, 2.75) is 44.2 Å². The van der Waals surface area contributed by atoms with E-state index in [0.29, 0.717) is 40.0 Å². The molecule has 3 unspecified atom stereocenters. The van der Waals surface area contributed by atoms with E-state index in [9.17, 15) is 10.2 Å². The van der Waals surface area contributed by atoms with Crippen LogP contribution in [0.5, 0.6) is 23.0 Å². The van der Waals surface area contributed by atoms with Crippen LogP contribution in [0.25, 0.3) is 11.1 Å². The highest BCUT2D eigenvalue weighted by Crippen LogP contribution is 2.50. The second kappa shape index (κ2) is 12.1. The summed E-state index contributed by atoms with van der Waals surface area (Å²) in [7, 11) is 1.40. The van der Waals surface area contributed by atoms with E-state index in [4.69, 9.17) is 18.7 Å². The van der Waals surface area contributed by atoms with Crippen molar-refractivity contribution in [2.24, 2.45) is 5.92 Å². The van der Waals surface area contributed by atoms with E-state index in [1.54, 1.807) is 25.1 Å². The van der Waals surface area contributed by atoms with Gasteiger partial charge in [0.05, 0.1) is 24.7 Å². The van der Waals surface area contributed by atoms with Crippen molar-refractivity contribution in [3.63, 3.8) is 0 Å². The summed E-state index contributed by atoms with van der Waals surface area (Å²) in [5.41, 5.74) is 2.77. The normalized spacial score (nSPS) is 19.8. The first-order chi connectivity index (χ1) is 19.3. The van der Waals surface area contributed by atoms with Gasteiger partial charge in [-0.15, -0.1) is 0 Å². The Labute approximate surface area is 238 Å². The molecule has 2 aliphatic rings. The lowest BCUT2D eigenvalue weighted by atomic mass is 9.85. The molecule has 1 fully saturated rings. The topological polar surface area (TPSA) is 80.6 Å². The number of rotatable bonds is 9. The van der Waals surface area contributed by atoms with Crippen molar-refractivity contribution < 1.29 is 33.3 Å². The molecule has 212 valence electrons. The van der Waals surface area contributed by atoms with Gasteiger partial charge in [0, 0.05) is 28.6 Å². The standard InChI is InChI=1S/C31H34FNO6S/c1-18-13-14-33(16-18)19(2)17-37-23-8-5-21(6-9-23)31-28(24-15-22(34)7-12-27(24)40-39-36-4)20(3)29-26(38-31)11-10-25(35)30(29)32/h5-12,15,18-19,31,34-35H,13-14,16-17H2,1-4H3. The van der Waals surface area contributed by atoms with E-state index < -0.39 is 17.7 Å². The number of allylic oxidation sites excluding steroid dienone is 1. The fourth-order valence-electron chi connectivity index (χ4n) is 5.39. The van der Waals surface area contributed by atoms with Crippen LogP contribution in [0.15, 0.2) is 59.5 Å². The van der Waals surface area contributed by atoms with Crippen LogP contribution in [-0.2, 0) is 9.22 Å². The molecule has 0 saturated carbocycles. The van der Waals surface area contributed by atoms with Gasteiger partial charge in [0.25, 0.3) is 0 Å². The molecular formula is C31H34FNO6S. The second-order valence-electron chi connectivity index (χ2n) is 10.4. The van der Waals surface area contributed by atoms with Gasteiger partial charge in [-0.25, -0.2) is 9.28 Å². The van der Waals surface area contributed by atoms with Crippen LogP contribution >= 0.6 is 12.0 Å². The zero-order valence-corrected chi connectivity index (χ0v) is 23.8. The number of benzene rings is 3. The van der Waals surface area contributed by atoms with Gasteiger partial charge < -0.3 is 19.7 Å². The second-order valence-corrected chi connectivity index (χ2v) is 11.2. The number of phenolic OH excluding ortho intramolecular Hbond substituents is 2. The van der Waals surface area contributed by atoms with Crippen LogP contribution in [0.3, 0.4) is 0 Å². The fourth-order valence-corrected chi connectivity index (χ4v) is 5.92. The Morgan fingerprint density at radius 1 is 1.12 bits per heavy atom. The molecule has 0 aromatic heterocycles. The van der Waals surface area contributed by atoms with Gasteiger partial charge in [-0.05, 0) is 86.3 Å². The summed E-state index contributed by atoms with van der Waals surface area (Å²) < 4.78 is 32.8. The SMILES string of the molecule is COOSc1ccc(O)cc1C1=C(C)c2c(ccc(O)c2F)OC1c1ccc(OCC(C)N2CCC(C)C2)cc1. The lowest BCUT2D eigenvalue weighted by Crippen LogP contribution is -2.35. The summed E-state index contributed by atoms with van der Waals surface area (Å²) in [6, 6.07) is 15.7. The molecule has 0 bridgehead atoms. The first kappa shape index (κ1) is 28.3. The lowest BCUT2D eigenvalue weighted by molar-refractivity contribution is -0.160. The smallest absolute Gasteiger partial charge is 0.176 e. The van der Waals surface area contributed by atoms with Crippen molar-refractivity contribution in [1.29, 1.82) is 0 Å². The Bertz CT molecular complexity index is 1400. The predicted molar refractivity (Wildman–Crippen MR) is 153 cm³/mol. The number of phenols is 2. The molecule has 2 aliphatic heterocycles. The van der Waals surface area contributed by atoms with E-state index in [-0.39, 0.29) is 11.3 Å². The van der Waals surface area contributed by atoms with E-state index in [1.807, 2.05) is 24.3 Å². The maximum absolute atomic E-state index is 15.2. The number of likely N-dealkylation sites (tertiary alicyclic amines) is 1. The third-order valence-electron chi connectivity index (χ3n) is 7.57. The van der Waals surface area contributed by atoms with E-state index in [1.165, 1.54) is 25.7 Å². The van der Waals surface area contributed by atoms with Crippen molar-refractivity contribution in [2.75, 3.05) is 26.8 Å². The number of halogens is 1. The molecule has 40 heavy (non-hydrogen) atoms. The van der Waals surface area contributed by atoms with Gasteiger partial charge in [0.1, 0.15) is 30.0 Å². The average molecular weight is 568 g/mol. The van der Waals surface area contributed by atoms with Crippen molar-refractivity contribution >= 4 is 23.2 Å². The number of aromatic hydroxyl groups is 2. The van der Waals surface area contributed by atoms with E-state index >= 15 is 4.39 Å². The fraction of sp³-hybridized carbons (Fsp3) is 0.355. The number of fused-ring (bicyclic) bond motifs is 1. The molecule has 9 heteroatoms. The Kier molecular flexibility index (Phi) is 8.56. The van der Waals surface area contributed by atoms with Gasteiger partial charge in [0.15, 0.2) is 11.6 Å². The summed E-state index contributed by atoms with van der Waals surface area (Å²) in [6.07, 6.45) is 0.582. The summed E-state index contributed by atoms with van der Waals surface area (Å²) >= 11 is 0.969. The summed E-state index contributed by atoms with van der Waals surface area (Å²) in [5.74, 6) is 0.586. The molecule has 0 amide bonds. The summed E-state index contributed by atoms with van der Waals surface area (Å²) in [4.78, 5) is 7.88. The maximum atomic E-state index is 15.2. The van der Waals surface area contributed by atoms with Gasteiger partial charge >= 0.3 is 0 Å². The van der Waals surface area contributed by atoms with Crippen molar-refractivity contribution in [3.8, 4) is 23.0 Å². The van der Waals surface area contributed by atoms with Crippen LogP contribution < -0.4 is 9.47 Å². The number of nitrogens with zero attached hydrogens (tertiary/aromatic N) is 1. The first-order valence-electron chi connectivity index (χ1n) is 13.3. The predicted octanol–water partition coefficient (Wildman–Crippen LogP) is 7.00. The molecule has 7 nitrogen and oxygen atoms in total. The quantitative estimate of drug-likeness (QED) is 0.163. The largest absolute Gasteiger partial charge is 0.508 e. The lowest BCUT2D eigenvalue weighted by Gasteiger charge is -2.32. The molecule has 0 spiro atoms. The van der Waals surface area contributed by atoms with Gasteiger partial charge in [-0.1, -0.05) is 19.1 Å². The van der Waals surface area contributed by atoms with Crippen molar-refractivity contribution in [1.82, 2.24) is 4.90 Å². The molecule has 1 saturated heterocycles. The minimum Gasteiger partial charge on any atom is -0.508 e. The first-order valence-corrected chi connectivity index (χ1v) is 14.1. The molecule has 3 aromatic rings. The maximum Gasteiger partial charge on any atom is 0.176 e. The van der Waals surface area contributed by atoms with Crippen LogP contribution in [0.1, 0.15) is 50.0 Å². The van der Waals surface area contributed by atoms with Crippen molar-refractivity contribution in [3.05, 3.63) is 77.1 Å². The Balaban J connectivity index is 1.49. The molecule has 2 heterocycles. The highest BCUT2D eigenvalue weighted by atomic mass is 32.2. The molecule has 2 N–H and O–H groups in total. The molecule has 3 aromatic carbocycles. The zero-order chi connectivity index (χ0) is 28.4. The molecule has 0 aliphatic carbocycles. The monoisotopic (exact) mass is 567 g/mol. The van der Waals surface area contributed by atoms with Crippen LogP contribution in [0, 0.1) is 11.7 Å². The number of ether oxygens (including phenoxy) is 2. The van der Waals surface area contributed by atoms with Gasteiger partial charge in [-0.3, -0.25) is 4.90 Å². The van der Waals surface area contributed by atoms with Crippen LogP contribution in [-0.4, -0.2) is 48.0 Å². The Morgan fingerprint density at radius 2 is 1.90 bits per heavy atom.